The van der Waals surface area contributed by atoms with Gasteiger partial charge in [-0.05, 0) is 30.7 Å². The van der Waals surface area contributed by atoms with Gasteiger partial charge in [-0.2, -0.15) is 0 Å². The molecule has 96 valence electrons. The second kappa shape index (κ2) is 4.28. The molecule has 0 fully saturated rings. The number of ether oxygens (including phenoxy) is 1. The molecule has 0 amide bonds. The van der Waals surface area contributed by atoms with E-state index in [4.69, 9.17) is 10.5 Å². The van der Waals surface area contributed by atoms with E-state index in [1.54, 1.807) is 17.9 Å². The Kier molecular flexibility index (Phi) is 2.59. The summed E-state index contributed by atoms with van der Waals surface area (Å²) in [7, 11) is 1.63. The van der Waals surface area contributed by atoms with E-state index in [0.717, 1.165) is 28.2 Å². The van der Waals surface area contributed by atoms with E-state index in [-0.39, 0.29) is 0 Å². The average Bonchev–Trinajstić information content (AvgIpc) is 2.73. The summed E-state index contributed by atoms with van der Waals surface area (Å²) in [5.74, 6) is 1.13. The van der Waals surface area contributed by atoms with E-state index >= 15 is 0 Å². The molecule has 0 aliphatic heterocycles. The molecule has 2 heterocycles. The first-order valence-corrected chi connectivity index (χ1v) is 5.94. The molecule has 0 spiro atoms. The first kappa shape index (κ1) is 11.5. The molecule has 2 N–H and O–H groups in total. The molecule has 0 saturated carbocycles. The molecular weight excluding hydrogens is 240 g/mol. The van der Waals surface area contributed by atoms with Gasteiger partial charge in [-0.15, -0.1) is 0 Å². The fourth-order valence-electron chi connectivity index (χ4n) is 2.14. The highest BCUT2D eigenvalue weighted by Gasteiger charge is 2.14. The third-order valence-corrected chi connectivity index (χ3v) is 2.99. The number of nitrogen functional groups attached to an aromatic ring is 1. The number of methoxy groups -OCH3 is 1. The van der Waals surface area contributed by atoms with Crippen LogP contribution in [0, 0.1) is 6.92 Å². The van der Waals surface area contributed by atoms with Gasteiger partial charge in [0.15, 0.2) is 5.65 Å². The number of hydrogen-bond acceptors (Lipinski definition) is 4. The van der Waals surface area contributed by atoms with Gasteiger partial charge in [-0.3, -0.25) is 4.57 Å². The summed E-state index contributed by atoms with van der Waals surface area (Å²) in [5.41, 5.74) is 9.41. The van der Waals surface area contributed by atoms with E-state index in [0.29, 0.717) is 5.95 Å². The molecule has 0 unspecified atom stereocenters. The second-order valence-electron chi connectivity index (χ2n) is 4.33. The first-order chi connectivity index (χ1) is 9.20. The van der Waals surface area contributed by atoms with Crippen LogP contribution in [0.3, 0.4) is 0 Å². The van der Waals surface area contributed by atoms with E-state index in [1.807, 2.05) is 37.3 Å². The monoisotopic (exact) mass is 254 g/mol. The van der Waals surface area contributed by atoms with Crippen LogP contribution in [0.2, 0.25) is 0 Å². The largest absolute Gasteiger partial charge is 0.495 e. The number of para-hydroxylation sites is 2. The molecule has 5 nitrogen and oxygen atoms in total. The topological polar surface area (TPSA) is 66.0 Å². The minimum absolute atomic E-state index is 0.401. The maximum Gasteiger partial charge on any atom is 0.207 e. The van der Waals surface area contributed by atoms with Crippen LogP contribution >= 0.6 is 0 Å². The maximum atomic E-state index is 6.02. The van der Waals surface area contributed by atoms with E-state index < -0.39 is 0 Å². The van der Waals surface area contributed by atoms with Crippen LogP contribution in [0.1, 0.15) is 5.56 Å². The Morgan fingerprint density at radius 1 is 1.26 bits per heavy atom. The molecule has 19 heavy (non-hydrogen) atoms. The Hall–Kier alpha value is -2.56. The Bertz CT molecular complexity index is 748. The SMILES string of the molecule is COc1ccccc1-n1c(N)nc2cc(C)cnc21. The van der Waals surface area contributed by atoms with Crippen LogP contribution in [0.15, 0.2) is 36.5 Å². The number of nitrogens with zero attached hydrogens (tertiary/aromatic N) is 3. The van der Waals surface area contributed by atoms with E-state index in [1.165, 1.54) is 0 Å². The molecule has 0 aliphatic carbocycles. The van der Waals surface area contributed by atoms with Gasteiger partial charge in [0.05, 0.1) is 12.8 Å². The summed E-state index contributed by atoms with van der Waals surface area (Å²) in [6, 6.07) is 9.61. The molecule has 3 rings (SSSR count). The van der Waals surface area contributed by atoms with Crippen molar-refractivity contribution in [2.75, 3.05) is 12.8 Å². The fourth-order valence-corrected chi connectivity index (χ4v) is 2.14. The highest BCUT2D eigenvalue weighted by atomic mass is 16.5. The normalized spacial score (nSPS) is 10.8. The van der Waals surface area contributed by atoms with Crippen LogP contribution in [-0.2, 0) is 0 Å². The van der Waals surface area contributed by atoms with Gasteiger partial charge in [0.1, 0.15) is 11.3 Å². The molecule has 0 atom stereocenters. The molecule has 0 bridgehead atoms. The molecule has 0 saturated heterocycles. The third kappa shape index (κ3) is 1.79. The van der Waals surface area contributed by atoms with Gasteiger partial charge in [-0.1, -0.05) is 12.1 Å². The Labute approximate surface area is 110 Å². The van der Waals surface area contributed by atoms with Gasteiger partial charge in [0, 0.05) is 6.20 Å². The Balaban J connectivity index is 2.33. The van der Waals surface area contributed by atoms with Crippen LogP contribution in [0.5, 0.6) is 5.75 Å². The van der Waals surface area contributed by atoms with Crippen LogP contribution in [0.4, 0.5) is 5.95 Å². The Morgan fingerprint density at radius 3 is 2.84 bits per heavy atom. The van der Waals surface area contributed by atoms with Crippen molar-refractivity contribution in [2.45, 2.75) is 6.92 Å². The predicted octanol–water partition coefficient (Wildman–Crippen LogP) is 2.32. The third-order valence-electron chi connectivity index (χ3n) is 2.99. The first-order valence-electron chi connectivity index (χ1n) is 5.94. The van der Waals surface area contributed by atoms with Gasteiger partial charge >= 0.3 is 0 Å². The van der Waals surface area contributed by atoms with Crippen molar-refractivity contribution in [3.8, 4) is 11.4 Å². The summed E-state index contributed by atoms with van der Waals surface area (Å²) >= 11 is 0. The molecule has 5 heteroatoms. The number of pyridine rings is 1. The van der Waals surface area contributed by atoms with Gasteiger partial charge in [-0.25, -0.2) is 9.97 Å². The van der Waals surface area contributed by atoms with Crippen molar-refractivity contribution >= 4 is 17.1 Å². The number of nitrogens with two attached hydrogens (primary N) is 1. The highest BCUT2D eigenvalue weighted by molar-refractivity contribution is 5.78. The summed E-state index contributed by atoms with van der Waals surface area (Å²) < 4.78 is 7.16. The fraction of sp³-hybridized carbons (Fsp3) is 0.143. The molecule has 0 radical (unpaired) electrons. The van der Waals surface area contributed by atoms with Crippen molar-refractivity contribution in [3.63, 3.8) is 0 Å². The summed E-state index contributed by atoms with van der Waals surface area (Å²) in [6.07, 6.45) is 1.80. The minimum atomic E-state index is 0.401. The van der Waals surface area contributed by atoms with Crippen LogP contribution < -0.4 is 10.5 Å². The quantitative estimate of drug-likeness (QED) is 0.762. The Morgan fingerprint density at radius 2 is 2.05 bits per heavy atom. The molecular formula is C14H14N4O. The van der Waals surface area contributed by atoms with Crippen molar-refractivity contribution in [3.05, 3.63) is 42.1 Å². The van der Waals surface area contributed by atoms with Crippen molar-refractivity contribution < 1.29 is 4.74 Å². The number of hydrogen-bond donors (Lipinski definition) is 1. The lowest BCUT2D eigenvalue weighted by atomic mass is 10.2. The van der Waals surface area contributed by atoms with Crippen molar-refractivity contribution in [1.29, 1.82) is 0 Å². The molecule has 3 aromatic rings. The van der Waals surface area contributed by atoms with Crippen LogP contribution in [0.25, 0.3) is 16.9 Å². The minimum Gasteiger partial charge on any atom is -0.495 e. The zero-order chi connectivity index (χ0) is 13.4. The molecule has 1 aromatic carbocycles. The van der Waals surface area contributed by atoms with Gasteiger partial charge in [0.2, 0.25) is 5.95 Å². The van der Waals surface area contributed by atoms with Gasteiger partial charge < -0.3 is 10.5 Å². The number of rotatable bonds is 2. The highest BCUT2D eigenvalue weighted by Crippen LogP contribution is 2.28. The standard InChI is InChI=1S/C14H14N4O/c1-9-7-10-13(16-8-9)18(14(15)17-10)11-5-3-4-6-12(11)19-2/h3-8H,1-2H3,(H2,15,17). The maximum absolute atomic E-state index is 6.02. The van der Waals surface area contributed by atoms with Gasteiger partial charge in [0.25, 0.3) is 0 Å². The summed E-state index contributed by atoms with van der Waals surface area (Å²) in [4.78, 5) is 8.77. The zero-order valence-electron chi connectivity index (χ0n) is 10.8. The smallest absolute Gasteiger partial charge is 0.207 e. The van der Waals surface area contributed by atoms with E-state index in [9.17, 15) is 0 Å². The number of aromatic nitrogens is 3. The number of aryl methyl sites for hydroxylation is 1. The number of imidazole rings is 1. The summed E-state index contributed by atoms with van der Waals surface area (Å²) in [6.45, 7) is 1.98. The number of fused-ring (bicyclic) bond motifs is 1. The second-order valence-corrected chi connectivity index (χ2v) is 4.33. The lowest BCUT2D eigenvalue weighted by molar-refractivity contribution is 0.413. The lowest BCUT2D eigenvalue weighted by Gasteiger charge is -2.10. The zero-order valence-corrected chi connectivity index (χ0v) is 10.8. The van der Waals surface area contributed by atoms with Crippen molar-refractivity contribution in [1.82, 2.24) is 14.5 Å². The lowest BCUT2D eigenvalue weighted by Crippen LogP contribution is -2.03. The molecule has 2 aromatic heterocycles. The predicted molar refractivity (Wildman–Crippen MR) is 74.6 cm³/mol. The molecule has 0 aliphatic rings. The number of benzene rings is 1. The summed E-state index contributed by atoms with van der Waals surface area (Å²) in [5, 5.41) is 0. The van der Waals surface area contributed by atoms with E-state index in [2.05, 4.69) is 9.97 Å². The average molecular weight is 254 g/mol. The van der Waals surface area contributed by atoms with Crippen LogP contribution in [-0.4, -0.2) is 21.6 Å². The van der Waals surface area contributed by atoms with Crippen molar-refractivity contribution in [2.24, 2.45) is 0 Å². The number of anilines is 1.